The van der Waals surface area contributed by atoms with Gasteiger partial charge in [0.15, 0.2) is 0 Å². The fourth-order valence-electron chi connectivity index (χ4n) is 3.08. The smallest absolute Gasteiger partial charge is 0.379 e. The number of alkyl halides is 3. The van der Waals surface area contributed by atoms with Crippen LogP contribution in [0.3, 0.4) is 0 Å². The van der Waals surface area contributed by atoms with Gasteiger partial charge in [-0.3, -0.25) is 0 Å². The maximum atomic E-state index is 12.7. The van der Waals surface area contributed by atoms with E-state index in [9.17, 15) is 13.2 Å². The number of nitrogens with zero attached hydrogens (tertiary/aromatic N) is 4. The van der Waals surface area contributed by atoms with Gasteiger partial charge in [-0.15, -0.1) is 10.2 Å². The van der Waals surface area contributed by atoms with Crippen molar-refractivity contribution in [1.29, 1.82) is 0 Å². The van der Waals surface area contributed by atoms with Crippen molar-refractivity contribution in [3.63, 3.8) is 0 Å². The van der Waals surface area contributed by atoms with E-state index in [-0.39, 0.29) is 6.04 Å². The van der Waals surface area contributed by atoms with Gasteiger partial charge in [0.25, 0.3) is 0 Å². The van der Waals surface area contributed by atoms with Gasteiger partial charge in [-0.2, -0.15) is 18.0 Å². The molecule has 4 rings (SSSR count). The van der Waals surface area contributed by atoms with Gasteiger partial charge in [-0.25, -0.2) is 0 Å². The highest BCUT2D eigenvalue weighted by molar-refractivity contribution is 5.77. The standard InChI is InChI=1S/C19H18F3N5O/c20-19(21,22)13-7-9-14(10-8-13)23-17-6-2-1-5-16(17)18-24-26-27(25-18)15-4-3-11-28-12-15/h1-2,5-10,15,23H,3-4,11-12H2. The number of anilines is 2. The molecule has 1 aromatic heterocycles. The molecule has 0 aliphatic carbocycles. The first kappa shape index (κ1) is 18.4. The average Bonchev–Trinajstić information content (AvgIpc) is 3.19. The predicted octanol–water partition coefficient (Wildman–Crippen LogP) is 4.45. The molecule has 1 aliphatic heterocycles. The highest BCUT2D eigenvalue weighted by Crippen LogP contribution is 2.32. The van der Waals surface area contributed by atoms with Crippen molar-refractivity contribution in [2.24, 2.45) is 0 Å². The van der Waals surface area contributed by atoms with Crippen LogP contribution in [-0.2, 0) is 10.9 Å². The molecule has 1 saturated heterocycles. The Labute approximate surface area is 159 Å². The Morgan fingerprint density at radius 2 is 1.86 bits per heavy atom. The summed E-state index contributed by atoms with van der Waals surface area (Å²) in [5.74, 6) is 0.445. The van der Waals surface area contributed by atoms with Crippen molar-refractivity contribution >= 4 is 11.4 Å². The third-order valence-corrected chi connectivity index (χ3v) is 4.55. The number of benzene rings is 2. The predicted molar refractivity (Wildman–Crippen MR) is 97.1 cm³/mol. The summed E-state index contributed by atoms with van der Waals surface area (Å²) in [5, 5.41) is 15.9. The van der Waals surface area contributed by atoms with E-state index in [0.717, 1.165) is 31.6 Å². The number of halogens is 3. The van der Waals surface area contributed by atoms with Crippen molar-refractivity contribution in [1.82, 2.24) is 20.2 Å². The van der Waals surface area contributed by atoms with E-state index in [1.165, 1.54) is 12.1 Å². The summed E-state index contributed by atoms with van der Waals surface area (Å²) in [5.41, 5.74) is 1.24. The summed E-state index contributed by atoms with van der Waals surface area (Å²) in [7, 11) is 0. The zero-order chi connectivity index (χ0) is 19.6. The lowest BCUT2D eigenvalue weighted by molar-refractivity contribution is -0.137. The molecule has 28 heavy (non-hydrogen) atoms. The number of tetrazole rings is 1. The van der Waals surface area contributed by atoms with Gasteiger partial charge >= 0.3 is 6.18 Å². The second-order valence-corrected chi connectivity index (χ2v) is 6.55. The van der Waals surface area contributed by atoms with Crippen LogP contribution < -0.4 is 5.32 Å². The van der Waals surface area contributed by atoms with Crippen LogP contribution in [0.1, 0.15) is 24.4 Å². The van der Waals surface area contributed by atoms with Crippen LogP contribution in [0.4, 0.5) is 24.5 Å². The number of para-hydroxylation sites is 1. The highest BCUT2D eigenvalue weighted by Gasteiger charge is 2.30. The SMILES string of the molecule is FC(F)(F)c1ccc(Nc2ccccc2-c2nnn(C3CCCOC3)n2)cc1. The first-order chi connectivity index (χ1) is 13.5. The quantitative estimate of drug-likeness (QED) is 0.714. The molecule has 0 saturated carbocycles. The molecule has 1 unspecified atom stereocenters. The lowest BCUT2D eigenvalue weighted by atomic mass is 10.1. The second kappa shape index (κ2) is 7.59. The van der Waals surface area contributed by atoms with Crippen molar-refractivity contribution in [3.05, 3.63) is 54.1 Å². The first-order valence-corrected chi connectivity index (χ1v) is 8.91. The second-order valence-electron chi connectivity index (χ2n) is 6.55. The van der Waals surface area contributed by atoms with Gasteiger partial charge in [-0.1, -0.05) is 12.1 Å². The summed E-state index contributed by atoms with van der Waals surface area (Å²) < 4.78 is 43.7. The van der Waals surface area contributed by atoms with Gasteiger partial charge in [0, 0.05) is 23.5 Å². The summed E-state index contributed by atoms with van der Waals surface area (Å²) in [4.78, 5) is 1.57. The Morgan fingerprint density at radius 1 is 1.07 bits per heavy atom. The maximum absolute atomic E-state index is 12.7. The lowest BCUT2D eigenvalue weighted by Crippen LogP contribution is -2.23. The monoisotopic (exact) mass is 389 g/mol. The Morgan fingerprint density at radius 3 is 2.57 bits per heavy atom. The fourth-order valence-corrected chi connectivity index (χ4v) is 3.08. The Bertz CT molecular complexity index is 933. The third kappa shape index (κ3) is 3.99. The van der Waals surface area contributed by atoms with Crippen LogP contribution in [0, 0.1) is 0 Å². The molecular formula is C19H18F3N5O. The number of aromatic nitrogens is 4. The Hall–Kier alpha value is -2.94. The van der Waals surface area contributed by atoms with Gasteiger partial charge in [0.1, 0.15) is 0 Å². The number of hydrogen-bond acceptors (Lipinski definition) is 5. The summed E-state index contributed by atoms with van der Waals surface area (Å²) >= 11 is 0. The van der Waals surface area contributed by atoms with Gasteiger partial charge in [-0.05, 0) is 54.5 Å². The molecule has 6 nitrogen and oxygen atoms in total. The van der Waals surface area contributed by atoms with Crippen molar-refractivity contribution in [3.8, 4) is 11.4 Å². The maximum Gasteiger partial charge on any atom is 0.416 e. The van der Waals surface area contributed by atoms with Crippen molar-refractivity contribution < 1.29 is 17.9 Å². The molecule has 2 aromatic carbocycles. The number of nitrogens with one attached hydrogen (secondary N) is 1. The molecule has 1 atom stereocenters. The molecule has 9 heteroatoms. The van der Waals surface area contributed by atoms with Crippen LogP contribution in [-0.4, -0.2) is 33.4 Å². The number of ether oxygens (including phenoxy) is 1. The molecule has 0 radical (unpaired) electrons. The fraction of sp³-hybridized carbons (Fsp3) is 0.316. The largest absolute Gasteiger partial charge is 0.416 e. The minimum absolute atomic E-state index is 0.0602. The molecular weight excluding hydrogens is 371 g/mol. The minimum atomic E-state index is -4.36. The van der Waals surface area contributed by atoms with Crippen molar-refractivity contribution in [2.75, 3.05) is 18.5 Å². The first-order valence-electron chi connectivity index (χ1n) is 8.91. The number of rotatable bonds is 4. The molecule has 146 valence electrons. The van der Waals surface area contributed by atoms with E-state index in [4.69, 9.17) is 4.74 Å². The van der Waals surface area contributed by atoms with E-state index < -0.39 is 11.7 Å². The molecule has 0 spiro atoms. The molecule has 2 heterocycles. The minimum Gasteiger partial charge on any atom is -0.379 e. The molecule has 3 aromatic rings. The van der Waals surface area contributed by atoms with E-state index >= 15 is 0 Å². The van der Waals surface area contributed by atoms with E-state index in [2.05, 4.69) is 20.7 Å². The average molecular weight is 389 g/mol. The van der Waals surface area contributed by atoms with Crippen molar-refractivity contribution in [2.45, 2.75) is 25.1 Å². The molecule has 0 amide bonds. The van der Waals surface area contributed by atoms with Crippen LogP contribution in [0.15, 0.2) is 48.5 Å². The Kier molecular flexibility index (Phi) is 4.99. The lowest BCUT2D eigenvalue weighted by Gasteiger charge is -2.20. The summed E-state index contributed by atoms with van der Waals surface area (Å²) in [6, 6.07) is 12.3. The van der Waals surface area contributed by atoms with Gasteiger partial charge in [0.05, 0.1) is 18.2 Å². The van der Waals surface area contributed by atoms with Crippen LogP contribution >= 0.6 is 0 Å². The Balaban J connectivity index is 1.56. The van der Waals surface area contributed by atoms with Crippen LogP contribution in [0.25, 0.3) is 11.4 Å². The highest BCUT2D eigenvalue weighted by atomic mass is 19.4. The van der Waals surface area contributed by atoms with E-state index in [1.54, 1.807) is 4.80 Å². The summed E-state index contributed by atoms with van der Waals surface area (Å²) in [6.07, 6.45) is -2.48. The van der Waals surface area contributed by atoms with E-state index in [0.29, 0.717) is 29.4 Å². The third-order valence-electron chi connectivity index (χ3n) is 4.55. The van der Waals surface area contributed by atoms with E-state index in [1.807, 2.05) is 24.3 Å². The van der Waals surface area contributed by atoms with Gasteiger partial charge < -0.3 is 10.1 Å². The zero-order valence-electron chi connectivity index (χ0n) is 14.9. The molecule has 1 aliphatic rings. The zero-order valence-corrected chi connectivity index (χ0v) is 14.9. The van der Waals surface area contributed by atoms with Gasteiger partial charge in [0.2, 0.25) is 5.82 Å². The summed E-state index contributed by atoms with van der Waals surface area (Å²) in [6.45, 7) is 1.30. The van der Waals surface area contributed by atoms with Crippen LogP contribution in [0.2, 0.25) is 0 Å². The topological polar surface area (TPSA) is 64.9 Å². The number of hydrogen-bond donors (Lipinski definition) is 1. The molecule has 0 bridgehead atoms. The van der Waals surface area contributed by atoms with Crippen LogP contribution in [0.5, 0.6) is 0 Å². The molecule has 1 N–H and O–H groups in total. The molecule has 1 fully saturated rings. The normalized spacial score (nSPS) is 17.5.